The van der Waals surface area contributed by atoms with Gasteiger partial charge < -0.3 is 10.1 Å². The van der Waals surface area contributed by atoms with Crippen LogP contribution in [0.1, 0.15) is 23.6 Å². The molecule has 0 aromatic heterocycles. The van der Waals surface area contributed by atoms with Crippen molar-refractivity contribution in [3.05, 3.63) is 28.8 Å². The Morgan fingerprint density at radius 3 is 2.50 bits per heavy atom. The number of hydrogen-bond donors (Lipinski definition) is 2. The van der Waals surface area contributed by atoms with E-state index in [4.69, 9.17) is 12.2 Å². The van der Waals surface area contributed by atoms with Crippen molar-refractivity contribution >= 4 is 23.5 Å². The molecule has 0 saturated heterocycles. The predicted molar refractivity (Wildman–Crippen MR) is 79.6 cm³/mol. The van der Waals surface area contributed by atoms with Crippen molar-refractivity contribution in [1.82, 2.24) is 10.7 Å². The Morgan fingerprint density at radius 1 is 1.40 bits per heavy atom. The van der Waals surface area contributed by atoms with E-state index in [2.05, 4.69) is 20.6 Å². The van der Waals surface area contributed by atoms with Gasteiger partial charge in [0.1, 0.15) is 5.75 Å². The van der Waals surface area contributed by atoms with E-state index in [0.29, 0.717) is 22.8 Å². The molecule has 4 nitrogen and oxygen atoms in total. The number of alkyl halides is 2. The van der Waals surface area contributed by atoms with Crippen LogP contribution in [0.4, 0.5) is 8.78 Å². The molecule has 0 amide bonds. The van der Waals surface area contributed by atoms with Gasteiger partial charge in [0.05, 0.1) is 6.21 Å². The molecule has 1 aromatic rings. The van der Waals surface area contributed by atoms with Gasteiger partial charge in [-0.05, 0) is 61.8 Å². The van der Waals surface area contributed by atoms with Crippen LogP contribution in [0.5, 0.6) is 5.75 Å². The zero-order valence-corrected chi connectivity index (χ0v) is 12.4. The normalized spacial score (nSPS) is 10.9. The fourth-order valence-corrected chi connectivity index (χ4v) is 1.90. The Hall–Kier alpha value is -1.76. The van der Waals surface area contributed by atoms with E-state index in [1.807, 2.05) is 6.92 Å². The fraction of sp³-hybridized carbons (Fsp3) is 0.385. The number of rotatable bonds is 5. The minimum atomic E-state index is -2.83. The van der Waals surface area contributed by atoms with Crippen molar-refractivity contribution in [2.75, 3.05) is 6.54 Å². The number of thiocarbonyl (C=S) groups is 1. The Labute approximate surface area is 122 Å². The Kier molecular flexibility index (Phi) is 6.30. The number of nitrogens with one attached hydrogen (secondary N) is 2. The van der Waals surface area contributed by atoms with Crippen molar-refractivity contribution in [3.8, 4) is 5.75 Å². The maximum Gasteiger partial charge on any atom is 0.387 e. The largest absolute Gasteiger partial charge is 0.434 e. The summed E-state index contributed by atoms with van der Waals surface area (Å²) in [5, 5.41) is 7.28. The van der Waals surface area contributed by atoms with Gasteiger partial charge in [-0.1, -0.05) is 0 Å². The molecule has 0 aliphatic heterocycles. The van der Waals surface area contributed by atoms with Crippen LogP contribution in [0.15, 0.2) is 17.2 Å². The highest BCUT2D eigenvalue weighted by Gasteiger charge is 2.10. The number of benzene rings is 1. The molecule has 110 valence electrons. The zero-order valence-electron chi connectivity index (χ0n) is 11.5. The molecule has 0 aliphatic rings. The molecular formula is C13H17F2N3OS. The van der Waals surface area contributed by atoms with Gasteiger partial charge in [-0.15, -0.1) is 0 Å². The summed E-state index contributed by atoms with van der Waals surface area (Å²) in [5.74, 6) is 0.202. The highest BCUT2D eigenvalue weighted by atomic mass is 32.1. The van der Waals surface area contributed by atoms with Gasteiger partial charge in [0.15, 0.2) is 5.11 Å². The van der Waals surface area contributed by atoms with Crippen molar-refractivity contribution in [1.29, 1.82) is 0 Å². The van der Waals surface area contributed by atoms with Crippen LogP contribution >= 0.6 is 12.2 Å². The van der Waals surface area contributed by atoms with Crippen LogP contribution in [0.25, 0.3) is 0 Å². The van der Waals surface area contributed by atoms with Crippen molar-refractivity contribution in [2.24, 2.45) is 5.10 Å². The molecule has 0 radical (unpaired) electrons. The lowest BCUT2D eigenvalue weighted by Crippen LogP contribution is -2.31. The molecule has 0 atom stereocenters. The van der Waals surface area contributed by atoms with E-state index in [-0.39, 0.29) is 5.75 Å². The summed E-state index contributed by atoms with van der Waals surface area (Å²) in [6.07, 6.45) is 1.57. The molecule has 0 unspecified atom stereocenters. The first-order valence-corrected chi connectivity index (χ1v) is 6.47. The molecule has 0 saturated carbocycles. The maximum absolute atomic E-state index is 12.3. The summed E-state index contributed by atoms with van der Waals surface area (Å²) in [6, 6.07) is 3.43. The monoisotopic (exact) mass is 301 g/mol. The van der Waals surface area contributed by atoms with Crippen LogP contribution in [0.3, 0.4) is 0 Å². The number of hydrogen-bond acceptors (Lipinski definition) is 3. The molecule has 0 fully saturated rings. The van der Waals surface area contributed by atoms with Crippen molar-refractivity contribution in [2.45, 2.75) is 27.4 Å². The van der Waals surface area contributed by atoms with Gasteiger partial charge in [0, 0.05) is 6.54 Å². The summed E-state index contributed by atoms with van der Waals surface area (Å²) < 4.78 is 29.0. The number of nitrogens with zero attached hydrogens (tertiary/aromatic N) is 1. The van der Waals surface area contributed by atoms with E-state index >= 15 is 0 Å². The van der Waals surface area contributed by atoms with Gasteiger partial charge in [-0.25, -0.2) is 0 Å². The molecule has 2 N–H and O–H groups in total. The quantitative estimate of drug-likeness (QED) is 0.499. The van der Waals surface area contributed by atoms with Crippen LogP contribution in [0.2, 0.25) is 0 Å². The van der Waals surface area contributed by atoms with Crippen molar-refractivity contribution in [3.63, 3.8) is 0 Å². The standard InChI is InChI=1S/C13H17F2N3OS/c1-4-16-13(20)18-17-7-10-5-8(2)11(9(3)6-10)19-12(14)15/h5-7,12H,4H2,1-3H3,(H2,16,18,20)/b17-7-. The lowest BCUT2D eigenvalue weighted by molar-refractivity contribution is -0.0507. The topological polar surface area (TPSA) is 45.7 Å². The minimum Gasteiger partial charge on any atom is -0.434 e. The minimum absolute atomic E-state index is 0.202. The van der Waals surface area contributed by atoms with Gasteiger partial charge >= 0.3 is 6.61 Å². The fourth-order valence-electron chi connectivity index (χ4n) is 1.70. The summed E-state index contributed by atoms with van der Waals surface area (Å²) >= 11 is 4.95. The Balaban J connectivity index is 2.78. The van der Waals surface area contributed by atoms with Gasteiger partial charge in [-0.2, -0.15) is 13.9 Å². The molecule has 0 spiro atoms. The highest BCUT2D eigenvalue weighted by Crippen LogP contribution is 2.25. The molecule has 0 bridgehead atoms. The summed E-state index contributed by atoms with van der Waals surface area (Å²) in [4.78, 5) is 0. The van der Waals surface area contributed by atoms with E-state index in [1.165, 1.54) is 0 Å². The van der Waals surface area contributed by atoms with E-state index < -0.39 is 6.61 Å². The van der Waals surface area contributed by atoms with E-state index in [9.17, 15) is 8.78 Å². The van der Waals surface area contributed by atoms with Crippen LogP contribution < -0.4 is 15.5 Å². The first-order valence-electron chi connectivity index (χ1n) is 6.07. The number of halogens is 2. The number of hydrazone groups is 1. The summed E-state index contributed by atoms with van der Waals surface area (Å²) in [6.45, 7) is 3.22. The van der Waals surface area contributed by atoms with E-state index in [1.54, 1.807) is 32.2 Å². The second-order valence-corrected chi connectivity index (χ2v) is 4.50. The summed E-state index contributed by atoms with van der Waals surface area (Å²) in [7, 11) is 0. The third-order valence-corrected chi connectivity index (χ3v) is 2.64. The first-order chi connectivity index (χ1) is 9.43. The predicted octanol–water partition coefficient (Wildman–Crippen LogP) is 2.72. The van der Waals surface area contributed by atoms with Gasteiger partial charge in [0.25, 0.3) is 0 Å². The SMILES string of the molecule is CCNC(=S)N/N=C\c1cc(C)c(OC(F)F)c(C)c1. The molecule has 7 heteroatoms. The summed E-state index contributed by atoms with van der Waals surface area (Å²) in [5.41, 5.74) is 4.68. The maximum atomic E-state index is 12.3. The molecule has 1 rings (SSSR count). The Morgan fingerprint density at radius 2 is 2.00 bits per heavy atom. The van der Waals surface area contributed by atoms with E-state index in [0.717, 1.165) is 5.56 Å². The lowest BCUT2D eigenvalue weighted by atomic mass is 10.1. The zero-order chi connectivity index (χ0) is 15.1. The highest BCUT2D eigenvalue weighted by molar-refractivity contribution is 7.80. The Bertz CT molecular complexity index is 483. The second-order valence-electron chi connectivity index (χ2n) is 4.09. The third kappa shape index (κ3) is 5.08. The average Bonchev–Trinajstić information content (AvgIpc) is 2.34. The second kappa shape index (κ2) is 7.74. The third-order valence-electron chi connectivity index (χ3n) is 2.41. The van der Waals surface area contributed by atoms with Crippen molar-refractivity contribution < 1.29 is 13.5 Å². The van der Waals surface area contributed by atoms with Gasteiger partial charge in [0.2, 0.25) is 0 Å². The lowest BCUT2D eigenvalue weighted by Gasteiger charge is -2.11. The number of aryl methyl sites for hydroxylation is 2. The molecular weight excluding hydrogens is 284 g/mol. The molecule has 0 aliphatic carbocycles. The number of ether oxygens (including phenoxy) is 1. The molecule has 0 heterocycles. The van der Waals surface area contributed by atoms with Crippen LogP contribution in [0, 0.1) is 13.8 Å². The molecule has 1 aromatic carbocycles. The van der Waals surface area contributed by atoms with Gasteiger partial charge in [-0.3, -0.25) is 5.43 Å². The van der Waals surface area contributed by atoms with Crippen LogP contribution in [-0.4, -0.2) is 24.5 Å². The average molecular weight is 301 g/mol. The van der Waals surface area contributed by atoms with Crippen LogP contribution in [-0.2, 0) is 0 Å². The first kappa shape index (κ1) is 16.3. The smallest absolute Gasteiger partial charge is 0.387 e. The molecule has 20 heavy (non-hydrogen) atoms.